The second kappa shape index (κ2) is 8.75. The lowest BCUT2D eigenvalue weighted by atomic mass is 10.1. The summed E-state index contributed by atoms with van der Waals surface area (Å²) in [5.74, 6) is 0.456. The molecule has 0 fully saturated rings. The van der Waals surface area contributed by atoms with Gasteiger partial charge in [-0.15, -0.1) is 0 Å². The van der Waals surface area contributed by atoms with Crippen LogP contribution in [-0.2, 0) is 4.79 Å². The largest absolute Gasteiger partial charge is 0.494 e. The van der Waals surface area contributed by atoms with E-state index in [9.17, 15) is 9.59 Å². The van der Waals surface area contributed by atoms with Crippen LogP contribution in [-0.4, -0.2) is 24.3 Å². The van der Waals surface area contributed by atoms with Crippen LogP contribution in [0.25, 0.3) is 0 Å². The number of nitriles is 1. The minimum Gasteiger partial charge on any atom is -0.494 e. The maximum absolute atomic E-state index is 11.6. The van der Waals surface area contributed by atoms with Crippen LogP contribution in [0.5, 0.6) is 5.75 Å². The molecule has 5 nitrogen and oxygen atoms in total. The van der Waals surface area contributed by atoms with E-state index in [0.29, 0.717) is 37.2 Å². The molecule has 1 N–H and O–H groups in total. The van der Waals surface area contributed by atoms with Crippen molar-refractivity contribution >= 4 is 11.7 Å². The van der Waals surface area contributed by atoms with Gasteiger partial charge in [-0.2, -0.15) is 5.26 Å². The molecule has 112 valence electrons. The Hall–Kier alpha value is -2.35. The first kappa shape index (κ1) is 16.7. The lowest BCUT2D eigenvalue weighted by Gasteiger charge is -2.10. The van der Waals surface area contributed by atoms with E-state index in [0.717, 1.165) is 0 Å². The van der Waals surface area contributed by atoms with Gasteiger partial charge in [0.1, 0.15) is 11.8 Å². The van der Waals surface area contributed by atoms with Gasteiger partial charge in [-0.1, -0.05) is 19.1 Å². The lowest BCUT2D eigenvalue weighted by Crippen LogP contribution is -2.33. The summed E-state index contributed by atoms with van der Waals surface area (Å²) in [4.78, 5) is 22.8. The Labute approximate surface area is 124 Å². The van der Waals surface area contributed by atoms with E-state index in [-0.39, 0.29) is 11.7 Å². The molecule has 0 spiro atoms. The number of ether oxygens (including phenoxy) is 1. The molecule has 0 bridgehead atoms. The summed E-state index contributed by atoms with van der Waals surface area (Å²) in [7, 11) is 0. The third-order valence-corrected chi connectivity index (χ3v) is 2.96. The van der Waals surface area contributed by atoms with Gasteiger partial charge in [0.15, 0.2) is 5.78 Å². The fourth-order valence-electron chi connectivity index (χ4n) is 1.72. The van der Waals surface area contributed by atoms with Crippen molar-refractivity contribution in [3.63, 3.8) is 0 Å². The van der Waals surface area contributed by atoms with Crippen molar-refractivity contribution in [3.05, 3.63) is 29.8 Å². The molecular formula is C16H20N2O3. The Balaban J connectivity index is 2.31. The Kier molecular flexibility index (Phi) is 6.96. The number of nitrogens with zero attached hydrogens (tertiary/aromatic N) is 1. The van der Waals surface area contributed by atoms with Gasteiger partial charge in [0.05, 0.1) is 12.7 Å². The standard InChI is InChI=1S/C16H20N2O3/c1-3-14(11-17)18-16(20)8-5-9-21-15-7-4-6-13(10-15)12(2)19/h4,6-7,10,14H,3,5,8-9H2,1-2H3,(H,18,20)/t14-/m1/s1. The summed E-state index contributed by atoms with van der Waals surface area (Å²) in [6, 6.07) is 8.55. The monoisotopic (exact) mass is 288 g/mol. The van der Waals surface area contributed by atoms with E-state index in [2.05, 4.69) is 5.32 Å². The van der Waals surface area contributed by atoms with Crippen LogP contribution in [0.4, 0.5) is 0 Å². The smallest absolute Gasteiger partial charge is 0.221 e. The van der Waals surface area contributed by atoms with E-state index in [4.69, 9.17) is 10.00 Å². The Bertz CT molecular complexity index is 535. The van der Waals surface area contributed by atoms with Crippen molar-refractivity contribution in [2.75, 3.05) is 6.61 Å². The average Bonchev–Trinajstić information content (AvgIpc) is 2.49. The van der Waals surface area contributed by atoms with Crippen molar-refractivity contribution in [1.82, 2.24) is 5.32 Å². The first-order chi connectivity index (χ1) is 10.1. The molecule has 0 aromatic heterocycles. The molecular weight excluding hydrogens is 268 g/mol. The summed E-state index contributed by atoms with van der Waals surface area (Å²) in [6.07, 6.45) is 1.46. The van der Waals surface area contributed by atoms with E-state index >= 15 is 0 Å². The second-order valence-electron chi connectivity index (χ2n) is 4.69. The Morgan fingerprint density at radius 3 is 2.81 bits per heavy atom. The number of Topliss-reactive ketones (excluding diaryl/α,β-unsaturated/α-hetero) is 1. The molecule has 0 heterocycles. The minimum atomic E-state index is -0.425. The van der Waals surface area contributed by atoms with E-state index in [1.165, 1.54) is 6.92 Å². The summed E-state index contributed by atoms with van der Waals surface area (Å²) in [5.41, 5.74) is 0.602. The number of nitrogens with one attached hydrogen (secondary N) is 1. The number of carbonyl (C=O) groups excluding carboxylic acids is 2. The summed E-state index contributed by atoms with van der Waals surface area (Å²) in [5, 5.41) is 11.4. The van der Waals surface area contributed by atoms with Gasteiger partial charge in [-0.3, -0.25) is 9.59 Å². The zero-order valence-corrected chi connectivity index (χ0v) is 12.4. The fraction of sp³-hybridized carbons (Fsp3) is 0.438. The van der Waals surface area contributed by atoms with Gasteiger partial charge in [0.25, 0.3) is 0 Å². The predicted octanol–water partition coefficient (Wildman–Crippen LogP) is 2.47. The summed E-state index contributed by atoms with van der Waals surface area (Å²) in [6.45, 7) is 3.74. The number of ketones is 1. The lowest BCUT2D eigenvalue weighted by molar-refractivity contribution is -0.121. The highest BCUT2D eigenvalue weighted by molar-refractivity contribution is 5.94. The molecule has 1 atom stereocenters. The number of amides is 1. The van der Waals surface area contributed by atoms with E-state index in [1.54, 1.807) is 24.3 Å². The normalized spacial score (nSPS) is 11.3. The molecule has 0 unspecified atom stereocenters. The number of carbonyl (C=O) groups is 2. The molecule has 0 saturated heterocycles. The Morgan fingerprint density at radius 1 is 1.43 bits per heavy atom. The van der Waals surface area contributed by atoms with E-state index in [1.807, 2.05) is 13.0 Å². The zero-order chi connectivity index (χ0) is 15.7. The molecule has 0 aliphatic rings. The van der Waals surface area contributed by atoms with Crippen LogP contribution in [0.15, 0.2) is 24.3 Å². The SMILES string of the molecule is CC[C@H](C#N)NC(=O)CCCOc1cccc(C(C)=O)c1. The summed E-state index contributed by atoms with van der Waals surface area (Å²) < 4.78 is 5.51. The van der Waals surface area contributed by atoms with Gasteiger partial charge in [-0.05, 0) is 31.9 Å². The first-order valence-electron chi connectivity index (χ1n) is 6.99. The third kappa shape index (κ3) is 6.09. The quantitative estimate of drug-likeness (QED) is 0.588. The maximum Gasteiger partial charge on any atom is 0.221 e. The molecule has 21 heavy (non-hydrogen) atoms. The van der Waals surface area contributed by atoms with Gasteiger partial charge >= 0.3 is 0 Å². The average molecular weight is 288 g/mol. The molecule has 0 aliphatic carbocycles. The van der Waals surface area contributed by atoms with Gasteiger partial charge < -0.3 is 10.1 Å². The van der Waals surface area contributed by atoms with Crippen molar-refractivity contribution < 1.29 is 14.3 Å². The summed E-state index contributed by atoms with van der Waals surface area (Å²) >= 11 is 0. The first-order valence-corrected chi connectivity index (χ1v) is 6.99. The maximum atomic E-state index is 11.6. The molecule has 1 aromatic rings. The number of hydrogen-bond donors (Lipinski definition) is 1. The van der Waals surface area contributed by atoms with Gasteiger partial charge in [0.2, 0.25) is 5.91 Å². The molecule has 0 saturated carbocycles. The number of hydrogen-bond acceptors (Lipinski definition) is 4. The third-order valence-electron chi connectivity index (χ3n) is 2.96. The van der Waals surface area contributed by atoms with Crippen molar-refractivity contribution in [2.45, 2.75) is 39.2 Å². The van der Waals surface area contributed by atoms with Crippen molar-refractivity contribution in [2.24, 2.45) is 0 Å². The fourth-order valence-corrected chi connectivity index (χ4v) is 1.72. The van der Waals surface area contributed by atoms with Crippen molar-refractivity contribution in [3.8, 4) is 11.8 Å². The Morgan fingerprint density at radius 2 is 2.19 bits per heavy atom. The van der Waals surface area contributed by atoms with Gasteiger partial charge in [0, 0.05) is 12.0 Å². The van der Waals surface area contributed by atoms with Gasteiger partial charge in [-0.25, -0.2) is 0 Å². The second-order valence-corrected chi connectivity index (χ2v) is 4.69. The predicted molar refractivity (Wildman–Crippen MR) is 79.0 cm³/mol. The zero-order valence-electron chi connectivity index (χ0n) is 12.4. The molecule has 0 aliphatic heterocycles. The van der Waals surface area contributed by atoms with Crippen molar-refractivity contribution in [1.29, 1.82) is 5.26 Å². The van der Waals surface area contributed by atoms with Crippen LogP contribution in [0, 0.1) is 11.3 Å². The molecule has 1 rings (SSSR count). The topological polar surface area (TPSA) is 79.2 Å². The number of rotatable bonds is 8. The van der Waals surface area contributed by atoms with Crippen LogP contribution in [0.3, 0.4) is 0 Å². The minimum absolute atomic E-state index is 0.0121. The highest BCUT2D eigenvalue weighted by Crippen LogP contribution is 2.14. The highest BCUT2D eigenvalue weighted by Gasteiger charge is 2.08. The van der Waals surface area contributed by atoms with E-state index < -0.39 is 6.04 Å². The van der Waals surface area contributed by atoms with Crippen LogP contribution in [0.2, 0.25) is 0 Å². The molecule has 5 heteroatoms. The van der Waals surface area contributed by atoms with Crippen LogP contribution in [0.1, 0.15) is 43.5 Å². The highest BCUT2D eigenvalue weighted by atomic mass is 16.5. The molecule has 1 aromatic carbocycles. The van der Waals surface area contributed by atoms with Crippen LogP contribution >= 0.6 is 0 Å². The van der Waals surface area contributed by atoms with Crippen LogP contribution < -0.4 is 10.1 Å². The number of benzene rings is 1. The molecule has 1 amide bonds. The molecule has 0 radical (unpaired) electrons.